The van der Waals surface area contributed by atoms with Gasteiger partial charge in [-0.15, -0.1) is 0 Å². The van der Waals surface area contributed by atoms with E-state index < -0.39 is 12.0 Å². The van der Waals surface area contributed by atoms with Crippen LogP contribution in [-0.4, -0.2) is 60.8 Å². The number of amides is 1. The molecule has 1 amide bonds. The third-order valence-electron chi connectivity index (χ3n) is 3.26. The Morgan fingerprint density at radius 3 is 1.90 bits per heavy atom. The Kier molecular flexibility index (Phi) is 17.5. The van der Waals surface area contributed by atoms with E-state index in [1.807, 2.05) is 0 Å². The number of nitrogens with one attached hydrogen (secondary N) is 1. The summed E-state index contributed by atoms with van der Waals surface area (Å²) in [7, 11) is 0. The van der Waals surface area contributed by atoms with Gasteiger partial charge in [0, 0.05) is 6.42 Å². The molecule has 0 spiro atoms. The number of carbonyl (C=O) groups is 2. The molecule has 5 heteroatoms. The predicted molar refractivity (Wildman–Crippen MR) is 85.1 cm³/mol. The van der Waals surface area contributed by atoms with Crippen LogP contribution in [0.15, 0.2) is 0 Å². The SMILES string of the molecule is CCCCCCCCCCCC(=O)N[C@@H](C)C(=O)O.[Ca+2].[H-].[H-]. The zero-order chi connectivity index (χ0) is 14.5. The van der Waals surface area contributed by atoms with Gasteiger partial charge in [-0.2, -0.15) is 0 Å². The van der Waals surface area contributed by atoms with Gasteiger partial charge in [0.15, 0.2) is 0 Å². The Labute approximate surface area is 156 Å². The van der Waals surface area contributed by atoms with Crippen LogP contribution < -0.4 is 5.32 Å². The Morgan fingerprint density at radius 2 is 1.45 bits per heavy atom. The van der Waals surface area contributed by atoms with Crippen molar-refractivity contribution in [2.24, 2.45) is 0 Å². The molecule has 0 aromatic carbocycles. The molecular formula is C15H31CaNO3. The first-order valence-electron chi connectivity index (χ1n) is 7.60. The molecule has 20 heavy (non-hydrogen) atoms. The van der Waals surface area contributed by atoms with Gasteiger partial charge in [-0.05, 0) is 13.3 Å². The summed E-state index contributed by atoms with van der Waals surface area (Å²) in [6.45, 7) is 3.70. The first-order chi connectivity index (χ1) is 9.07. The summed E-state index contributed by atoms with van der Waals surface area (Å²) in [5, 5.41) is 11.1. The Balaban J connectivity index is -0.000000540. The largest absolute Gasteiger partial charge is 2.00 e. The minimum absolute atomic E-state index is 0. The minimum Gasteiger partial charge on any atom is -1.00 e. The second-order valence-corrected chi connectivity index (χ2v) is 5.21. The van der Waals surface area contributed by atoms with Crippen LogP contribution in [0.4, 0.5) is 0 Å². The zero-order valence-electron chi connectivity index (χ0n) is 15.1. The number of hydrogen-bond acceptors (Lipinski definition) is 2. The molecule has 0 aliphatic heterocycles. The molecule has 0 bridgehead atoms. The standard InChI is InChI=1S/C15H29NO3.Ca.2H/c1-3-4-5-6-7-8-9-10-11-12-14(17)16-13(2)15(18)19;;;/h13H,3-12H2,1-2H3,(H,16,17)(H,18,19);;;/q;+2;2*-1/t13-;;;/m0.../s1. The number of carboxylic acids is 1. The fraction of sp³-hybridized carbons (Fsp3) is 0.867. The summed E-state index contributed by atoms with van der Waals surface area (Å²) in [6.07, 6.45) is 11.3. The average Bonchev–Trinajstić information content (AvgIpc) is 2.36. The van der Waals surface area contributed by atoms with Crippen molar-refractivity contribution in [1.82, 2.24) is 5.32 Å². The van der Waals surface area contributed by atoms with Crippen LogP contribution in [0.2, 0.25) is 0 Å². The van der Waals surface area contributed by atoms with Crippen molar-refractivity contribution < 1.29 is 17.5 Å². The van der Waals surface area contributed by atoms with E-state index in [0.29, 0.717) is 6.42 Å². The quantitative estimate of drug-likeness (QED) is 0.429. The van der Waals surface area contributed by atoms with Crippen molar-refractivity contribution in [2.45, 2.75) is 84.1 Å². The van der Waals surface area contributed by atoms with E-state index in [2.05, 4.69) is 12.2 Å². The topological polar surface area (TPSA) is 66.4 Å². The monoisotopic (exact) mass is 313 g/mol. The Morgan fingerprint density at radius 1 is 1.00 bits per heavy atom. The third kappa shape index (κ3) is 14.6. The van der Waals surface area contributed by atoms with Crippen molar-refractivity contribution in [3.63, 3.8) is 0 Å². The maximum Gasteiger partial charge on any atom is 2.00 e. The fourth-order valence-electron chi connectivity index (χ4n) is 1.97. The molecule has 0 aliphatic rings. The van der Waals surface area contributed by atoms with E-state index in [4.69, 9.17) is 5.11 Å². The summed E-state index contributed by atoms with van der Waals surface area (Å²) in [6, 6.07) is -0.786. The van der Waals surface area contributed by atoms with Crippen molar-refractivity contribution in [3.05, 3.63) is 0 Å². The molecule has 0 saturated heterocycles. The maximum atomic E-state index is 11.4. The molecule has 0 rings (SSSR count). The van der Waals surface area contributed by atoms with Crippen molar-refractivity contribution in [2.75, 3.05) is 0 Å². The van der Waals surface area contributed by atoms with Crippen LogP contribution in [0.25, 0.3) is 0 Å². The van der Waals surface area contributed by atoms with E-state index in [1.54, 1.807) is 0 Å². The summed E-state index contributed by atoms with van der Waals surface area (Å²) in [5.74, 6) is -1.14. The molecule has 0 heterocycles. The van der Waals surface area contributed by atoms with E-state index in [0.717, 1.165) is 12.8 Å². The molecular weight excluding hydrogens is 282 g/mol. The van der Waals surface area contributed by atoms with Gasteiger partial charge in [0.2, 0.25) is 5.91 Å². The Bertz CT molecular complexity index is 269. The van der Waals surface area contributed by atoms with Crippen molar-refractivity contribution >= 4 is 49.6 Å². The van der Waals surface area contributed by atoms with Gasteiger partial charge in [-0.1, -0.05) is 58.3 Å². The van der Waals surface area contributed by atoms with Crippen LogP contribution in [0.3, 0.4) is 0 Å². The molecule has 0 saturated carbocycles. The second kappa shape index (κ2) is 15.6. The van der Waals surface area contributed by atoms with E-state index >= 15 is 0 Å². The summed E-state index contributed by atoms with van der Waals surface area (Å²) in [5.41, 5.74) is 0. The third-order valence-corrected chi connectivity index (χ3v) is 3.26. The number of unbranched alkanes of at least 4 members (excludes halogenated alkanes) is 8. The molecule has 0 unspecified atom stereocenters. The van der Waals surface area contributed by atoms with Crippen molar-refractivity contribution in [1.29, 1.82) is 0 Å². The number of rotatable bonds is 12. The van der Waals surface area contributed by atoms with Crippen molar-refractivity contribution in [3.8, 4) is 0 Å². The number of carbonyl (C=O) groups excluding carboxylic acids is 1. The normalized spacial score (nSPS) is 11.5. The van der Waals surface area contributed by atoms with E-state index in [1.165, 1.54) is 51.9 Å². The average molecular weight is 313 g/mol. The van der Waals surface area contributed by atoms with Gasteiger partial charge < -0.3 is 13.3 Å². The first kappa shape index (κ1) is 22.5. The summed E-state index contributed by atoms with van der Waals surface area (Å²) >= 11 is 0. The van der Waals surface area contributed by atoms with Gasteiger partial charge in [-0.25, -0.2) is 0 Å². The van der Waals surface area contributed by atoms with Crippen LogP contribution in [0.5, 0.6) is 0 Å². The molecule has 0 radical (unpaired) electrons. The number of aliphatic carboxylic acids is 1. The van der Waals surface area contributed by atoms with Gasteiger partial charge in [0.1, 0.15) is 6.04 Å². The van der Waals surface area contributed by atoms with E-state index in [9.17, 15) is 9.59 Å². The van der Waals surface area contributed by atoms with Gasteiger partial charge >= 0.3 is 43.7 Å². The van der Waals surface area contributed by atoms with Crippen LogP contribution in [0, 0.1) is 0 Å². The van der Waals surface area contributed by atoms with Gasteiger partial charge in [0.25, 0.3) is 0 Å². The van der Waals surface area contributed by atoms with E-state index in [-0.39, 0.29) is 46.5 Å². The molecule has 0 aliphatic carbocycles. The van der Waals surface area contributed by atoms with Gasteiger partial charge in [-0.3, -0.25) is 9.59 Å². The summed E-state index contributed by atoms with van der Waals surface area (Å²) < 4.78 is 0. The van der Waals surface area contributed by atoms with Crippen LogP contribution in [-0.2, 0) is 9.59 Å². The molecule has 0 fully saturated rings. The summed E-state index contributed by atoms with van der Waals surface area (Å²) in [4.78, 5) is 21.9. The molecule has 4 nitrogen and oxygen atoms in total. The fourth-order valence-corrected chi connectivity index (χ4v) is 1.97. The molecule has 1 atom stereocenters. The maximum absolute atomic E-state index is 11.4. The van der Waals surface area contributed by atoms with Gasteiger partial charge in [0.05, 0.1) is 0 Å². The molecule has 116 valence electrons. The molecule has 2 N–H and O–H groups in total. The predicted octanol–water partition coefficient (Wildman–Crippen LogP) is 3.34. The minimum atomic E-state index is -0.986. The number of hydrogen-bond donors (Lipinski definition) is 2. The Hall–Kier alpha value is 0.200. The number of carboxylic acid groups (broad SMARTS) is 1. The zero-order valence-corrected chi connectivity index (χ0v) is 15.3. The van der Waals surface area contributed by atoms with Crippen LogP contribution >= 0.6 is 0 Å². The second-order valence-electron chi connectivity index (χ2n) is 5.21. The van der Waals surface area contributed by atoms with Crippen LogP contribution in [0.1, 0.15) is 80.9 Å². The molecule has 0 aromatic heterocycles. The first-order valence-corrected chi connectivity index (χ1v) is 7.60. The molecule has 0 aromatic rings. The smallest absolute Gasteiger partial charge is 1.00 e.